The van der Waals surface area contributed by atoms with Gasteiger partial charge >= 0.3 is 5.69 Å². The first-order valence-corrected chi connectivity index (χ1v) is 9.73. The van der Waals surface area contributed by atoms with Gasteiger partial charge in [-0.2, -0.15) is 4.98 Å². The molecule has 3 N–H and O–H groups in total. The first kappa shape index (κ1) is 18.5. The van der Waals surface area contributed by atoms with Crippen LogP contribution in [-0.2, 0) is 13.6 Å². The number of aliphatic hydroxyl groups excluding tert-OH is 1. The molecule has 1 unspecified atom stereocenters. The molecule has 1 atom stereocenters. The van der Waals surface area contributed by atoms with Gasteiger partial charge in [0.05, 0.1) is 12.6 Å². The summed E-state index contributed by atoms with van der Waals surface area (Å²) in [5, 5.41) is 14.2. The summed E-state index contributed by atoms with van der Waals surface area (Å²) in [6.45, 7) is 0.164. The Kier molecular flexibility index (Phi) is 5.04. The highest BCUT2D eigenvalue weighted by Crippen LogP contribution is 2.25. The minimum atomic E-state index is -0.804. The maximum absolute atomic E-state index is 12.6. The van der Waals surface area contributed by atoms with Crippen molar-refractivity contribution in [1.29, 1.82) is 0 Å². The van der Waals surface area contributed by atoms with Crippen molar-refractivity contribution in [2.45, 2.75) is 50.8 Å². The van der Waals surface area contributed by atoms with E-state index in [1.807, 2.05) is 30.3 Å². The van der Waals surface area contributed by atoms with E-state index in [2.05, 4.69) is 15.3 Å². The lowest BCUT2D eigenvalue weighted by atomic mass is 9.96. The molecule has 0 saturated heterocycles. The van der Waals surface area contributed by atoms with E-state index >= 15 is 0 Å². The lowest BCUT2D eigenvalue weighted by Crippen LogP contribution is -2.29. The molecule has 3 aromatic rings. The van der Waals surface area contributed by atoms with E-state index in [9.17, 15) is 14.7 Å². The van der Waals surface area contributed by atoms with Crippen LogP contribution in [0, 0.1) is 0 Å². The van der Waals surface area contributed by atoms with Crippen LogP contribution in [0.15, 0.2) is 39.9 Å². The third kappa shape index (κ3) is 3.47. The van der Waals surface area contributed by atoms with Crippen LogP contribution in [0.25, 0.3) is 11.2 Å². The predicted molar refractivity (Wildman–Crippen MR) is 107 cm³/mol. The number of aromatic nitrogens is 4. The topological polar surface area (TPSA) is 105 Å². The van der Waals surface area contributed by atoms with Gasteiger partial charge in [0, 0.05) is 13.1 Å². The van der Waals surface area contributed by atoms with Gasteiger partial charge in [-0.05, 0) is 18.4 Å². The summed E-state index contributed by atoms with van der Waals surface area (Å²) in [6.07, 6.45) is 4.82. The molecule has 8 heteroatoms. The fourth-order valence-corrected chi connectivity index (χ4v) is 3.91. The van der Waals surface area contributed by atoms with Gasteiger partial charge in [-0.1, -0.05) is 49.6 Å². The lowest BCUT2D eigenvalue weighted by Gasteiger charge is -2.24. The number of nitrogens with one attached hydrogen (secondary N) is 2. The fraction of sp³-hybridized carbons (Fsp3) is 0.450. The van der Waals surface area contributed by atoms with Crippen LogP contribution in [0.3, 0.4) is 0 Å². The summed E-state index contributed by atoms with van der Waals surface area (Å²) >= 11 is 0. The lowest BCUT2D eigenvalue weighted by molar-refractivity contribution is 0.158. The van der Waals surface area contributed by atoms with Crippen molar-refractivity contribution in [3.63, 3.8) is 0 Å². The Balaban J connectivity index is 1.79. The van der Waals surface area contributed by atoms with Crippen molar-refractivity contribution in [3.8, 4) is 0 Å². The molecule has 1 saturated carbocycles. The highest BCUT2D eigenvalue weighted by Gasteiger charge is 2.22. The smallest absolute Gasteiger partial charge is 0.329 e. The summed E-state index contributed by atoms with van der Waals surface area (Å²) < 4.78 is 3.02. The first-order chi connectivity index (χ1) is 13.5. The van der Waals surface area contributed by atoms with Crippen LogP contribution in [0.4, 0.5) is 5.95 Å². The average Bonchev–Trinajstić information content (AvgIpc) is 3.06. The number of aromatic amines is 1. The molecule has 28 heavy (non-hydrogen) atoms. The monoisotopic (exact) mass is 383 g/mol. The van der Waals surface area contributed by atoms with E-state index < -0.39 is 17.4 Å². The van der Waals surface area contributed by atoms with Crippen LogP contribution in [0.1, 0.15) is 43.8 Å². The Labute approximate surface area is 161 Å². The van der Waals surface area contributed by atoms with Gasteiger partial charge < -0.3 is 15.0 Å². The quantitative estimate of drug-likeness (QED) is 0.624. The molecular formula is C20H25N5O3. The fourth-order valence-electron chi connectivity index (χ4n) is 3.91. The zero-order valence-electron chi connectivity index (χ0n) is 15.9. The maximum atomic E-state index is 12.6. The van der Waals surface area contributed by atoms with E-state index in [0.29, 0.717) is 11.6 Å². The van der Waals surface area contributed by atoms with Gasteiger partial charge in [-0.25, -0.2) is 4.79 Å². The van der Waals surface area contributed by atoms with Crippen molar-refractivity contribution in [2.75, 3.05) is 5.32 Å². The van der Waals surface area contributed by atoms with Crippen LogP contribution >= 0.6 is 0 Å². The summed E-state index contributed by atoms with van der Waals surface area (Å²) in [5.74, 6) is 0.517. The summed E-state index contributed by atoms with van der Waals surface area (Å²) in [6, 6.07) is 9.58. The highest BCUT2D eigenvalue weighted by molar-refractivity contribution is 5.74. The number of hydrogen-bond donors (Lipinski definition) is 3. The van der Waals surface area contributed by atoms with Crippen molar-refractivity contribution < 1.29 is 5.11 Å². The maximum Gasteiger partial charge on any atom is 0.329 e. The molecule has 1 aliphatic carbocycles. The molecule has 0 aliphatic heterocycles. The second kappa shape index (κ2) is 7.63. The van der Waals surface area contributed by atoms with Gasteiger partial charge in [0.2, 0.25) is 5.95 Å². The summed E-state index contributed by atoms with van der Waals surface area (Å²) in [7, 11) is 1.58. The molecule has 1 aliphatic rings. The molecule has 2 aromatic heterocycles. The Bertz CT molecular complexity index is 1080. The Morgan fingerprint density at radius 3 is 2.64 bits per heavy atom. The molecule has 0 amide bonds. The van der Waals surface area contributed by atoms with Crippen molar-refractivity contribution >= 4 is 17.1 Å². The van der Waals surface area contributed by atoms with Crippen LogP contribution < -0.4 is 16.6 Å². The van der Waals surface area contributed by atoms with E-state index in [0.717, 1.165) is 31.2 Å². The summed E-state index contributed by atoms with van der Waals surface area (Å²) in [5.41, 5.74) is 0.356. The zero-order valence-corrected chi connectivity index (χ0v) is 15.9. The molecule has 1 aromatic carbocycles. The van der Waals surface area contributed by atoms with E-state index in [1.165, 1.54) is 11.0 Å². The third-order valence-electron chi connectivity index (χ3n) is 5.49. The van der Waals surface area contributed by atoms with Gasteiger partial charge in [0.25, 0.3) is 5.56 Å². The number of rotatable bonds is 5. The second-order valence-corrected chi connectivity index (χ2v) is 7.44. The molecular weight excluding hydrogens is 358 g/mol. The van der Waals surface area contributed by atoms with E-state index in [4.69, 9.17) is 0 Å². The van der Waals surface area contributed by atoms with Gasteiger partial charge in [-0.3, -0.25) is 14.3 Å². The molecule has 1 fully saturated rings. The number of nitrogens with zero attached hydrogens (tertiary/aromatic N) is 3. The number of benzene rings is 1. The van der Waals surface area contributed by atoms with Gasteiger partial charge in [0.15, 0.2) is 11.2 Å². The van der Waals surface area contributed by atoms with Crippen LogP contribution in [0.5, 0.6) is 0 Å². The summed E-state index contributed by atoms with van der Waals surface area (Å²) in [4.78, 5) is 31.4. The molecule has 0 spiro atoms. The largest absolute Gasteiger partial charge is 0.387 e. The highest BCUT2D eigenvalue weighted by atomic mass is 16.3. The minimum Gasteiger partial charge on any atom is -0.387 e. The second-order valence-electron chi connectivity index (χ2n) is 7.44. The molecule has 148 valence electrons. The Morgan fingerprint density at radius 2 is 1.93 bits per heavy atom. The molecule has 0 bridgehead atoms. The number of H-pyrrole nitrogens is 1. The number of hydrogen-bond acceptors (Lipinski definition) is 5. The minimum absolute atomic E-state index is 0.164. The SMILES string of the molecule is Cn1c(=O)[nH]c(=O)c2c1nc(NC1CCCCC1)n2CC(O)c1ccccc1. The number of imidazole rings is 1. The number of aryl methyl sites for hydroxylation is 1. The molecule has 0 radical (unpaired) electrons. The van der Waals surface area contributed by atoms with E-state index in [1.54, 1.807) is 11.6 Å². The number of anilines is 1. The molecule has 4 rings (SSSR count). The Morgan fingerprint density at radius 1 is 1.21 bits per heavy atom. The van der Waals surface area contributed by atoms with Crippen LogP contribution in [-0.4, -0.2) is 30.3 Å². The van der Waals surface area contributed by atoms with Gasteiger partial charge in [0.1, 0.15) is 0 Å². The van der Waals surface area contributed by atoms with Gasteiger partial charge in [-0.15, -0.1) is 0 Å². The standard InChI is InChI=1S/C20H25N5O3/c1-24-17-16(18(27)23-20(24)28)25(12-15(26)13-8-4-2-5-9-13)19(22-17)21-14-10-6-3-7-11-14/h2,4-5,8-9,14-15,26H,3,6-7,10-12H2,1H3,(H,21,22)(H,23,27,28). The van der Waals surface area contributed by atoms with Crippen molar-refractivity contribution in [1.82, 2.24) is 19.1 Å². The normalized spacial score (nSPS) is 16.4. The molecule has 8 nitrogen and oxygen atoms in total. The van der Waals surface area contributed by atoms with Crippen molar-refractivity contribution in [3.05, 3.63) is 56.7 Å². The third-order valence-corrected chi connectivity index (χ3v) is 5.49. The number of aliphatic hydroxyl groups is 1. The first-order valence-electron chi connectivity index (χ1n) is 9.73. The molecule has 2 heterocycles. The predicted octanol–water partition coefficient (Wildman–Crippen LogP) is 1.90. The zero-order chi connectivity index (χ0) is 19.7. The van der Waals surface area contributed by atoms with Crippen molar-refractivity contribution in [2.24, 2.45) is 7.05 Å². The average molecular weight is 383 g/mol. The Hall–Kier alpha value is -2.87. The number of fused-ring (bicyclic) bond motifs is 1. The van der Waals surface area contributed by atoms with E-state index in [-0.39, 0.29) is 18.1 Å². The van der Waals surface area contributed by atoms with Crippen LogP contribution in [0.2, 0.25) is 0 Å².